The number of piperidine rings is 2. The standard InChI is InChI=1S/C24H31F3N4O/c1-16-5-6-20(19-4-3-9-29-22(16)19)23(13-18(14-28-15-23)24(25,26)27)30-21(32)12-17-7-10-31(2)11-8-17/h3-6,9,17-18,28H,7-8,10-15H2,1-2H3,(H,30,32)/t18-,23-/m0/s1. The van der Waals surface area contributed by atoms with Gasteiger partial charge < -0.3 is 15.5 Å². The van der Waals surface area contributed by atoms with E-state index in [0.717, 1.165) is 42.4 Å². The molecular weight excluding hydrogens is 417 g/mol. The van der Waals surface area contributed by atoms with Gasteiger partial charge in [-0.1, -0.05) is 18.2 Å². The van der Waals surface area contributed by atoms with Crippen molar-refractivity contribution in [3.05, 3.63) is 41.6 Å². The van der Waals surface area contributed by atoms with Crippen LogP contribution in [0.25, 0.3) is 10.9 Å². The van der Waals surface area contributed by atoms with Crippen LogP contribution in [0.15, 0.2) is 30.5 Å². The molecule has 174 valence electrons. The van der Waals surface area contributed by atoms with Crippen molar-refractivity contribution >= 4 is 16.8 Å². The molecule has 2 fully saturated rings. The number of fused-ring (bicyclic) bond motifs is 1. The molecule has 32 heavy (non-hydrogen) atoms. The van der Waals surface area contributed by atoms with Gasteiger partial charge in [0.05, 0.1) is 17.0 Å². The Morgan fingerprint density at radius 1 is 1.28 bits per heavy atom. The van der Waals surface area contributed by atoms with Gasteiger partial charge in [0, 0.05) is 31.1 Å². The van der Waals surface area contributed by atoms with Crippen LogP contribution >= 0.6 is 0 Å². The van der Waals surface area contributed by atoms with E-state index in [1.165, 1.54) is 0 Å². The summed E-state index contributed by atoms with van der Waals surface area (Å²) in [6.07, 6.45) is -0.641. The fourth-order valence-electron chi connectivity index (χ4n) is 5.20. The van der Waals surface area contributed by atoms with Crippen LogP contribution < -0.4 is 10.6 Å². The summed E-state index contributed by atoms with van der Waals surface area (Å²) in [5, 5.41) is 6.83. The Kier molecular flexibility index (Phi) is 6.45. The number of nitrogens with zero attached hydrogens (tertiary/aromatic N) is 2. The molecule has 4 rings (SSSR count). The zero-order valence-corrected chi connectivity index (χ0v) is 18.6. The van der Waals surface area contributed by atoms with Crippen molar-refractivity contribution in [2.24, 2.45) is 11.8 Å². The van der Waals surface area contributed by atoms with Gasteiger partial charge in [0.15, 0.2) is 0 Å². The van der Waals surface area contributed by atoms with E-state index in [9.17, 15) is 18.0 Å². The molecule has 2 atom stereocenters. The fourth-order valence-corrected chi connectivity index (χ4v) is 5.20. The topological polar surface area (TPSA) is 57.3 Å². The first kappa shape index (κ1) is 23.0. The number of nitrogens with one attached hydrogen (secondary N) is 2. The zero-order valence-electron chi connectivity index (χ0n) is 18.6. The number of aromatic nitrogens is 1. The normalized spacial score (nSPS) is 25.7. The van der Waals surface area contributed by atoms with Gasteiger partial charge in [0.2, 0.25) is 5.91 Å². The quantitative estimate of drug-likeness (QED) is 0.748. The number of likely N-dealkylation sites (tertiary alicyclic amines) is 1. The highest BCUT2D eigenvalue weighted by atomic mass is 19.4. The molecule has 1 aromatic carbocycles. The first-order chi connectivity index (χ1) is 15.2. The number of carbonyl (C=O) groups excluding carboxylic acids is 1. The van der Waals surface area contributed by atoms with Crippen molar-refractivity contribution < 1.29 is 18.0 Å². The molecule has 0 bridgehead atoms. The molecule has 2 N–H and O–H groups in total. The molecule has 2 aliphatic rings. The summed E-state index contributed by atoms with van der Waals surface area (Å²) in [5.41, 5.74) is 1.26. The Labute approximate surface area is 186 Å². The van der Waals surface area contributed by atoms with E-state index < -0.39 is 17.6 Å². The van der Waals surface area contributed by atoms with E-state index >= 15 is 0 Å². The molecule has 0 radical (unpaired) electrons. The van der Waals surface area contributed by atoms with Gasteiger partial charge >= 0.3 is 6.18 Å². The Morgan fingerprint density at radius 2 is 2.03 bits per heavy atom. The third-order valence-electron chi connectivity index (χ3n) is 7.05. The number of rotatable bonds is 4. The van der Waals surface area contributed by atoms with Crippen LogP contribution in [0.4, 0.5) is 13.2 Å². The lowest BCUT2D eigenvalue weighted by Gasteiger charge is -2.43. The number of aryl methyl sites for hydroxylation is 1. The van der Waals surface area contributed by atoms with E-state index in [-0.39, 0.29) is 31.3 Å². The number of hydrogen-bond acceptors (Lipinski definition) is 4. The second kappa shape index (κ2) is 8.98. The predicted molar refractivity (Wildman–Crippen MR) is 118 cm³/mol. The van der Waals surface area contributed by atoms with Crippen LogP contribution in [0.1, 0.15) is 36.8 Å². The highest BCUT2D eigenvalue weighted by molar-refractivity contribution is 5.87. The minimum atomic E-state index is -4.34. The van der Waals surface area contributed by atoms with Crippen LogP contribution in [0.3, 0.4) is 0 Å². The Bertz CT molecular complexity index is 971. The number of pyridine rings is 1. The minimum Gasteiger partial charge on any atom is -0.345 e. The predicted octanol–water partition coefficient (Wildman–Crippen LogP) is 3.76. The van der Waals surface area contributed by atoms with Gasteiger partial charge in [-0.05, 0) is 69.4 Å². The van der Waals surface area contributed by atoms with Gasteiger partial charge in [0.1, 0.15) is 0 Å². The Hall–Kier alpha value is -2.19. The molecule has 0 spiro atoms. The lowest BCUT2D eigenvalue weighted by atomic mass is 9.76. The van der Waals surface area contributed by atoms with Gasteiger partial charge in [-0.25, -0.2) is 0 Å². The molecule has 3 heterocycles. The maximum absolute atomic E-state index is 13.8. The van der Waals surface area contributed by atoms with Crippen LogP contribution in [0, 0.1) is 18.8 Å². The van der Waals surface area contributed by atoms with Crippen LogP contribution in [-0.2, 0) is 10.3 Å². The van der Waals surface area contributed by atoms with Crippen LogP contribution in [0.2, 0.25) is 0 Å². The van der Waals surface area contributed by atoms with E-state index in [1.807, 2.05) is 25.1 Å². The summed E-state index contributed by atoms with van der Waals surface area (Å²) < 4.78 is 41.3. The average molecular weight is 449 g/mol. The first-order valence-electron chi connectivity index (χ1n) is 11.3. The molecule has 1 amide bonds. The van der Waals surface area contributed by atoms with Gasteiger partial charge in [-0.2, -0.15) is 13.2 Å². The third-order valence-corrected chi connectivity index (χ3v) is 7.05. The van der Waals surface area contributed by atoms with Crippen LogP contribution in [0.5, 0.6) is 0 Å². The van der Waals surface area contributed by atoms with E-state index in [4.69, 9.17) is 0 Å². The van der Waals surface area contributed by atoms with Gasteiger partial charge in [0.25, 0.3) is 0 Å². The van der Waals surface area contributed by atoms with Crippen molar-refractivity contribution in [3.8, 4) is 0 Å². The fraction of sp³-hybridized carbons (Fsp3) is 0.583. The largest absolute Gasteiger partial charge is 0.393 e. The molecule has 2 aromatic rings. The maximum atomic E-state index is 13.8. The second-order valence-corrected chi connectivity index (χ2v) is 9.48. The third kappa shape index (κ3) is 4.76. The van der Waals surface area contributed by atoms with Crippen molar-refractivity contribution in [1.29, 1.82) is 0 Å². The molecule has 2 saturated heterocycles. The first-order valence-corrected chi connectivity index (χ1v) is 11.3. The monoisotopic (exact) mass is 448 g/mol. The minimum absolute atomic E-state index is 0.141. The summed E-state index contributed by atoms with van der Waals surface area (Å²) in [7, 11) is 2.06. The molecule has 2 aliphatic heterocycles. The molecule has 8 heteroatoms. The Morgan fingerprint density at radius 3 is 2.75 bits per heavy atom. The zero-order chi connectivity index (χ0) is 22.9. The van der Waals surface area contributed by atoms with Gasteiger partial charge in [-0.15, -0.1) is 0 Å². The lowest BCUT2D eigenvalue weighted by molar-refractivity contribution is -0.185. The smallest absolute Gasteiger partial charge is 0.345 e. The molecule has 0 saturated carbocycles. The summed E-state index contributed by atoms with van der Waals surface area (Å²) in [6.45, 7) is 3.93. The van der Waals surface area contributed by atoms with Crippen molar-refractivity contribution in [3.63, 3.8) is 0 Å². The average Bonchev–Trinajstić information content (AvgIpc) is 2.75. The van der Waals surface area contributed by atoms with E-state index in [1.54, 1.807) is 12.3 Å². The molecule has 0 aliphatic carbocycles. The highest BCUT2D eigenvalue weighted by Gasteiger charge is 2.49. The molecular formula is C24H31F3N4O. The second-order valence-electron chi connectivity index (χ2n) is 9.48. The number of amides is 1. The lowest BCUT2D eigenvalue weighted by Crippen LogP contribution is -2.59. The van der Waals surface area contributed by atoms with Gasteiger partial charge in [-0.3, -0.25) is 9.78 Å². The van der Waals surface area contributed by atoms with Crippen LogP contribution in [-0.4, -0.2) is 55.2 Å². The number of halogens is 3. The number of alkyl halides is 3. The number of hydrogen-bond donors (Lipinski definition) is 2. The maximum Gasteiger partial charge on any atom is 0.393 e. The summed E-state index contributed by atoms with van der Waals surface area (Å²) in [5.74, 6) is -1.45. The Balaban J connectivity index is 1.68. The molecule has 5 nitrogen and oxygen atoms in total. The number of benzene rings is 1. The summed E-state index contributed by atoms with van der Waals surface area (Å²) in [6, 6.07) is 7.41. The SMILES string of the molecule is Cc1ccc([C@@]2(NC(=O)CC3CCN(C)CC3)CNC[C@@H](C(F)(F)F)C2)c2cccnc12. The molecule has 1 aromatic heterocycles. The van der Waals surface area contributed by atoms with E-state index in [0.29, 0.717) is 12.0 Å². The summed E-state index contributed by atoms with van der Waals surface area (Å²) >= 11 is 0. The number of carbonyl (C=O) groups is 1. The highest BCUT2D eigenvalue weighted by Crippen LogP contribution is 2.41. The summed E-state index contributed by atoms with van der Waals surface area (Å²) in [4.78, 5) is 19.8. The van der Waals surface area contributed by atoms with Crippen molar-refractivity contribution in [2.45, 2.75) is 44.3 Å². The van der Waals surface area contributed by atoms with Crippen molar-refractivity contribution in [1.82, 2.24) is 20.5 Å². The molecule has 0 unspecified atom stereocenters. The van der Waals surface area contributed by atoms with Crippen molar-refractivity contribution in [2.75, 3.05) is 33.2 Å². The van der Waals surface area contributed by atoms with E-state index in [2.05, 4.69) is 27.6 Å².